The molecule has 314 valence electrons. The summed E-state index contributed by atoms with van der Waals surface area (Å²) in [5, 5.41) is 9.62. The summed E-state index contributed by atoms with van der Waals surface area (Å²) >= 11 is 0. The fourth-order valence-corrected chi connectivity index (χ4v) is 7.18. The summed E-state index contributed by atoms with van der Waals surface area (Å²) in [4.78, 5) is 12.2. The summed E-state index contributed by atoms with van der Waals surface area (Å²) in [6, 6.07) is 0. The standard InChI is InChI=1S/C49H94O4/c1-3-5-7-9-11-13-15-17-19-21-22-23-24-25-26-27-28-29-30-32-34-36-38-40-42-44-49(51)53-48(46-50)47-52-45-43-41-39-37-35-33-31-20-18-16-14-12-10-8-6-4-2/h12,14,18,20,48,50H,3-11,13,15-17,19,21-47H2,1-2H3/b14-12-,20-18-. The van der Waals surface area contributed by atoms with E-state index in [-0.39, 0.29) is 12.6 Å². The third-order valence-electron chi connectivity index (χ3n) is 10.8. The fourth-order valence-electron chi connectivity index (χ4n) is 7.18. The zero-order valence-corrected chi connectivity index (χ0v) is 36.1. The van der Waals surface area contributed by atoms with Crippen LogP contribution in [0.3, 0.4) is 0 Å². The Morgan fingerprint density at radius 3 is 1.21 bits per heavy atom. The molecule has 0 aromatic heterocycles. The quantitative estimate of drug-likeness (QED) is 0.0383. The maximum Gasteiger partial charge on any atom is 0.306 e. The van der Waals surface area contributed by atoms with Crippen LogP contribution in [-0.4, -0.2) is 37.0 Å². The van der Waals surface area contributed by atoms with Gasteiger partial charge in [-0.2, -0.15) is 0 Å². The summed E-state index contributed by atoms with van der Waals surface area (Å²) in [7, 11) is 0. The highest BCUT2D eigenvalue weighted by Gasteiger charge is 2.13. The number of hydrogen-bond acceptors (Lipinski definition) is 4. The Kier molecular flexibility index (Phi) is 46.0. The lowest BCUT2D eigenvalue weighted by atomic mass is 10.0. The van der Waals surface area contributed by atoms with E-state index >= 15 is 0 Å². The normalized spacial score (nSPS) is 12.4. The van der Waals surface area contributed by atoms with Crippen molar-refractivity contribution >= 4 is 5.97 Å². The molecule has 0 saturated carbocycles. The van der Waals surface area contributed by atoms with Crippen LogP contribution in [0.4, 0.5) is 0 Å². The van der Waals surface area contributed by atoms with Crippen LogP contribution >= 0.6 is 0 Å². The van der Waals surface area contributed by atoms with Gasteiger partial charge in [-0.3, -0.25) is 4.79 Å². The molecule has 1 unspecified atom stereocenters. The Morgan fingerprint density at radius 1 is 0.453 bits per heavy atom. The molecule has 0 heterocycles. The van der Waals surface area contributed by atoms with E-state index in [4.69, 9.17) is 9.47 Å². The number of carbonyl (C=O) groups is 1. The number of aliphatic hydroxyl groups excluding tert-OH is 1. The first-order chi connectivity index (χ1) is 26.2. The Bertz CT molecular complexity index is 747. The van der Waals surface area contributed by atoms with E-state index in [2.05, 4.69) is 38.2 Å². The molecule has 1 N–H and O–H groups in total. The molecule has 0 aliphatic carbocycles. The highest BCUT2D eigenvalue weighted by molar-refractivity contribution is 5.69. The van der Waals surface area contributed by atoms with Gasteiger partial charge in [0.25, 0.3) is 0 Å². The van der Waals surface area contributed by atoms with Crippen molar-refractivity contribution in [2.24, 2.45) is 0 Å². The monoisotopic (exact) mass is 747 g/mol. The highest BCUT2D eigenvalue weighted by atomic mass is 16.6. The van der Waals surface area contributed by atoms with Crippen LogP contribution in [0.5, 0.6) is 0 Å². The third kappa shape index (κ3) is 45.2. The van der Waals surface area contributed by atoms with Crippen molar-refractivity contribution in [1.29, 1.82) is 0 Å². The molecule has 53 heavy (non-hydrogen) atoms. The maximum absolute atomic E-state index is 12.2. The first-order valence-corrected chi connectivity index (χ1v) is 23.9. The summed E-state index contributed by atoms with van der Waals surface area (Å²) in [6.07, 6.45) is 58.3. The van der Waals surface area contributed by atoms with Crippen LogP contribution in [0.15, 0.2) is 24.3 Å². The first-order valence-electron chi connectivity index (χ1n) is 23.9. The second-order valence-electron chi connectivity index (χ2n) is 16.2. The van der Waals surface area contributed by atoms with Gasteiger partial charge in [0.2, 0.25) is 0 Å². The number of aliphatic hydroxyl groups is 1. The molecule has 0 amide bonds. The summed E-state index contributed by atoms with van der Waals surface area (Å²) in [6.45, 7) is 5.34. The van der Waals surface area contributed by atoms with E-state index in [9.17, 15) is 9.90 Å². The Balaban J connectivity index is 3.36. The van der Waals surface area contributed by atoms with Crippen molar-refractivity contribution in [1.82, 2.24) is 0 Å². The van der Waals surface area contributed by atoms with Crippen molar-refractivity contribution in [3.63, 3.8) is 0 Å². The Hall–Kier alpha value is -1.13. The number of carbonyl (C=O) groups excluding carboxylic acids is 1. The topological polar surface area (TPSA) is 55.8 Å². The highest BCUT2D eigenvalue weighted by Crippen LogP contribution is 2.16. The van der Waals surface area contributed by atoms with Crippen molar-refractivity contribution in [2.45, 2.75) is 264 Å². The number of esters is 1. The zero-order chi connectivity index (χ0) is 38.4. The molecule has 0 bridgehead atoms. The molecule has 4 heteroatoms. The van der Waals surface area contributed by atoms with E-state index in [1.807, 2.05) is 0 Å². The van der Waals surface area contributed by atoms with Crippen molar-refractivity contribution in [3.05, 3.63) is 24.3 Å². The second kappa shape index (κ2) is 47.0. The predicted molar refractivity (Wildman–Crippen MR) is 233 cm³/mol. The summed E-state index contributed by atoms with van der Waals surface area (Å²) in [5.74, 6) is -0.199. The average Bonchev–Trinajstić information content (AvgIpc) is 3.16. The average molecular weight is 747 g/mol. The second-order valence-corrected chi connectivity index (χ2v) is 16.2. The van der Waals surface area contributed by atoms with E-state index in [1.165, 1.54) is 212 Å². The summed E-state index contributed by atoms with van der Waals surface area (Å²) in [5.41, 5.74) is 0. The van der Waals surface area contributed by atoms with E-state index < -0.39 is 6.10 Å². The van der Waals surface area contributed by atoms with Crippen LogP contribution in [0.25, 0.3) is 0 Å². The molecule has 0 aliphatic heterocycles. The smallest absolute Gasteiger partial charge is 0.306 e. The van der Waals surface area contributed by atoms with Crippen molar-refractivity contribution in [3.8, 4) is 0 Å². The zero-order valence-electron chi connectivity index (χ0n) is 36.1. The Labute approximate surface area is 332 Å². The van der Waals surface area contributed by atoms with Crippen molar-refractivity contribution in [2.75, 3.05) is 19.8 Å². The SMILES string of the molecule is CCCCC/C=C\C/C=C\CCCCCCCCOCC(CO)OC(=O)CCCCCCCCCCCCCCCCCCCCCCCCCCC. The molecule has 0 radical (unpaired) electrons. The Morgan fingerprint density at radius 2 is 0.792 bits per heavy atom. The number of allylic oxidation sites excluding steroid dienone is 4. The van der Waals surface area contributed by atoms with Gasteiger partial charge in [-0.05, 0) is 44.9 Å². The molecular formula is C49H94O4. The third-order valence-corrected chi connectivity index (χ3v) is 10.8. The van der Waals surface area contributed by atoms with Gasteiger partial charge in [0, 0.05) is 13.0 Å². The van der Waals surface area contributed by atoms with Crippen LogP contribution in [0.1, 0.15) is 258 Å². The van der Waals surface area contributed by atoms with Crippen LogP contribution < -0.4 is 0 Å². The molecule has 4 nitrogen and oxygen atoms in total. The van der Waals surface area contributed by atoms with Crippen molar-refractivity contribution < 1.29 is 19.4 Å². The van der Waals surface area contributed by atoms with E-state index in [1.54, 1.807) is 0 Å². The molecule has 1 atom stereocenters. The molecule has 0 spiro atoms. The van der Waals surface area contributed by atoms with Gasteiger partial charge in [0.05, 0.1) is 13.2 Å². The number of ether oxygens (including phenoxy) is 2. The minimum Gasteiger partial charge on any atom is -0.457 e. The van der Waals surface area contributed by atoms with E-state index in [0.717, 1.165) is 25.7 Å². The lowest BCUT2D eigenvalue weighted by Crippen LogP contribution is -2.27. The maximum atomic E-state index is 12.2. The van der Waals surface area contributed by atoms with E-state index in [0.29, 0.717) is 19.6 Å². The van der Waals surface area contributed by atoms with Gasteiger partial charge in [-0.15, -0.1) is 0 Å². The van der Waals surface area contributed by atoms with Gasteiger partial charge < -0.3 is 14.6 Å². The van der Waals surface area contributed by atoms with Crippen LogP contribution in [0, 0.1) is 0 Å². The van der Waals surface area contributed by atoms with Crippen LogP contribution in [-0.2, 0) is 14.3 Å². The van der Waals surface area contributed by atoms with Gasteiger partial charge in [0.15, 0.2) is 0 Å². The molecule has 0 aromatic rings. The number of rotatable bonds is 45. The molecule has 0 rings (SSSR count). The van der Waals surface area contributed by atoms with Gasteiger partial charge in [-0.1, -0.05) is 231 Å². The number of hydrogen-bond donors (Lipinski definition) is 1. The summed E-state index contributed by atoms with van der Waals surface area (Å²) < 4.78 is 11.2. The van der Waals surface area contributed by atoms with Gasteiger partial charge >= 0.3 is 5.97 Å². The van der Waals surface area contributed by atoms with Gasteiger partial charge in [-0.25, -0.2) is 0 Å². The molecule has 0 aliphatic rings. The molecule has 0 saturated heterocycles. The lowest BCUT2D eigenvalue weighted by molar-refractivity contribution is -0.154. The molecule has 0 fully saturated rings. The number of unbranched alkanes of at least 4 members (excludes halogenated alkanes) is 33. The largest absolute Gasteiger partial charge is 0.457 e. The fraction of sp³-hybridized carbons (Fsp3) is 0.898. The minimum atomic E-state index is -0.536. The van der Waals surface area contributed by atoms with Crippen LogP contribution in [0.2, 0.25) is 0 Å². The first kappa shape index (κ1) is 51.9. The predicted octanol–water partition coefficient (Wildman–Crippen LogP) is 15.9. The van der Waals surface area contributed by atoms with Gasteiger partial charge in [0.1, 0.15) is 6.10 Å². The molecular weight excluding hydrogens is 653 g/mol. The molecule has 0 aromatic carbocycles. The minimum absolute atomic E-state index is 0.172. The lowest BCUT2D eigenvalue weighted by Gasteiger charge is -2.15.